The number of aliphatic hydroxyl groups excluding tert-OH is 2. The van der Waals surface area contributed by atoms with E-state index in [1.165, 1.54) is 18.2 Å². The van der Waals surface area contributed by atoms with Crippen LogP contribution in [0.3, 0.4) is 0 Å². The third-order valence-corrected chi connectivity index (χ3v) is 1.95. The van der Waals surface area contributed by atoms with E-state index in [-0.39, 0.29) is 31.3 Å². The molecule has 0 heterocycles. The van der Waals surface area contributed by atoms with Crippen LogP contribution in [0.15, 0.2) is 18.2 Å². The maximum absolute atomic E-state index is 10.6. The van der Waals surface area contributed by atoms with Crippen molar-refractivity contribution < 1.29 is 19.9 Å². The molecular formula is C10H14N2O5. The van der Waals surface area contributed by atoms with Gasteiger partial charge < -0.3 is 20.3 Å². The number of aliphatic hydroxyl groups is 2. The molecule has 0 fully saturated rings. The third kappa shape index (κ3) is 3.89. The van der Waals surface area contributed by atoms with Gasteiger partial charge in [0.2, 0.25) is 0 Å². The molecule has 3 N–H and O–H groups in total. The molecular weight excluding hydrogens is 228 g/mol. The Kier molecular flexibility index (Phi) is 5.18. The Morgan fingerprint density at radius 2 is 2.12 bits per heavy atom. The Hall–Kier alpha value is -1.86. The van der Waals surface area contributed by atoms with Crippen LogP contribution in [0.1, 0.15) is 0 Å². The summed E-state index contributed by atoms with van der Waals surface area (Å²) in [7, 11) is 0. The largest absolute Gasteiger partial charge is 0.489 e. The first kappa shape index (κ1) is 13.2. The molecule has 0 spiro atoms. The van der Waals surface area contributed by atoms with Gasteiger partial charge in [0.15, 0.2) is 0 Å². The molecule has 0 radical (unpaired) electrons. The number of nitrogens with one attached hydrogen (secondary N) is 1. The third-order valence-electron chi connectivity index (χ3n) is 1.95. The number of nitro benzene ring substituents is 1. The minimum Gasteiger partial charge on any atom is -0.489 e. The van der Waals surface area contributed by atoms with Gasteiger partial charge in [0.1, 0.15) is 12.4 Å². The zero-order valence-corrected chi connectivity index (χ0v) is 9.13. The Morgan fingerprint density at radius 1 is 1.35 bits per heavy atom. The number of hydrogen-bond donors (Lipinski definition) is 3. The fourth-order valence-corrected chi connectivity index (χ4v) is 1.24. The van der Waals surface area contributed by atoms with E-state index in [0.717, 1.165) is 0 Å². The van der Waals surface area contributed by atoms with Gasteiger partial charge in [0.25, 0.3) is 5.69 Å². The SMILES string of the molecule is O=[N+]([O-])c1ccc(NCCO)c(OCCO)c1. The van der Waals surface area contributed by atoms with E-state index < -0.39 is 4.92 Å². The Labute approximate surface area is 97.8 Å². The van der Waals surface area contributed by atoms with Crippen LogP contribution >= 0.6 is 0 Å². The standard InChI is InChI=1S/C10H14N2O5/c13-4-3-11-9-2-1-8(12(15)16)7-10(9)17-6-5-14/h1-2,7,11,13-14H,3-6H2. The molecule has 0 atom stereocenters. The number of rotatable bonds is 7. The summed E-state index contributed by atoms with van der Waals surface area (Å²) in [4.78, 5) is 10.1. The van der Waals surface area contributed by atoms with Crippen molar-refractivity contribution in [2.24, 2.45) is 0 Å². The minimum absolute atomic E-state index is 0.0506. The summed E-state index contributed by atoms with van der Waals surface area (Å²) in [6.07, 6.45) is 0. The molecule has 1 aromatic carbocycles. The summed E-state index contributed by atoms with van der Waals surface area (Å²) in [6, 6.07) is 4.11. The summed E-state index contributed by atoms with van der Waals surface area (Å²) in [5.74, 6) is 0.279. The van der Waals surface area contributed by atoms with E-state index in [1.807, 2.05) is 0 Å². The van der Waals surface area contributed by atoms with Gasteiger partial charge >= 0.3 is 0 Å². The molecule has 7 heteroatoms. The van der Waals surface area contributed by atoms with Crippen molar-refractivity contribution in [3.8, 4) is 5.75 Å². The number of hydrogen-bond acceptors (Lipinski definition) is 6. The van der Waals surface area contributed by atoms with Crippen LogP contribution in [-0.4, -0.2) is 41.5 Å². The van der Waals surface area contributed by atoms with Crippen LogP contribution in [0.2, 0.25) is 0 Å². The highest BCUT2D eigenvalue weighted by atomic mass is 16.6. The minimum atomic E-state index is -0.526. The van der Waals surface area contributed by atoms with Crippen LogP contribution in [0.25, 0.3) is 0 Å². The topological polar surface area (TPSA) is 105 Å². The average molecular weight is 242 g/mol. The van der Waals surface area contributed by atoms with Gasteiger partial charge in [-0.3, -0.25) is 10.1 Å². The highest BCUT2D eigenvalue weighted by Crippen LogP contribution is 2.29. The second-order valence-corrected chi connectivity index (χ2v) is 3.16. The van der Waals surface area contributed by atoms with Crippen molar-refractivity contribution in [1.82, 2.24) is 0 Å². The molecule has 17 heavy (non-hydrogen) atoms. The van der Waals surface area contributed by atoms with Gasteiger partial charge in [-0.1, -0.05) is 0 Å². The van der Waals surface area contributed by atoms with Crippen molar-refractivity contribution in [2.75, 3.05) is 31.7 Å². The van der Waals surface area contributed by atoms with Gasteiger partial charge in [0.05, 0.1) is 29.9 Å². The number of nitro groups is 1. The molecule has 1 rings (SSSR count). The Balaban J connectivity index is 2.90. The van der Waals surface area contributed by atoms with E-state index in [2.05, 4.69) is 5.32 Å². The van der Waals surface area contributed by atoms with E-state index in [0.29, 0.717) is 12.2 Å². The van der Waals surface area contributed by atoms with Crippen LogP contribution < -0.4 is 10.1 Å². The molecule has 1 aromatic rings. The lowest BCUT2D eigenvalue weighted by molar-refractivity contribution is -0.384. The highest BCUT2D eigenvalue weighted by Gasteiger charge is 2.11. The van der Waals surface area contributed by atoms with Crippen molar-refractivity contribution in [2.45, 2.75) is 0 Å². The van der Waals surface area contributed by atoms with Crippen molar-refractivity contribution >= 4 is 11.4 Å². The van der Waals surface area contributed by atoms with Crippen molar-refractivity contribution in [1.29, 1.82) is 0 Å². The van der Waals surface area contributed by atoms with E-state index in [1.54, 1.807) is 0 Å². The molecule has 0 aromatic heterocycles. The highest BCUT2D eigenvalue weighted by molar-refractivity contribution is 5.60. The number of anilines is 1. The van der Waals surface area contributed by atoms with Crippen LogP contribution in [-0.2, 0) is 0 Å². The lowest BCUT2D eigenvalue weighted by Crippen LogP contribution is -2.09. The fraction of sp³-hybridized carbons (Fsp3) is 0.400. The molecule has 0 saturated carbocycles. The van der Waals surface area contributed by atoms with Crippen LogP contribution in [0.4, 0.5) is 11.4 Å². The van der Waals surface area contributed by atoms with Crippen LogP contribution in [0.5, 0.6) is 5.75 Å². The monoisotopic (exact) mass is 242 g/mol. The second kappa shape index (κ2) is 6.66. The molecule has 0 aliphatic carbocycles. The first-order chi connectivity index (χ1) is 8.19. The summed E-state index contributed by atoms with van der Waals surface area (Å²) >= 11 is 0. The molecule has 0 amide bonds. The van der Waals surface area contributed by atoms with Gasteiger partial charge in [-0.15, -0.1) is 0 Å². The van der Waals surface area contributed by atoms with Crippen LogP contribution in [0, 0.1) is 10.1 Å². The first-order valence-corrected chi connectivity index (χ1v) is 5.06. The molecule has 0 aliphatic rings. The normalized spacial score (nSPS) is 10.0. The smallest absolute Gasteiger partial charge is 0.273 e. The lowest BCUT2D eigenvalue weighted by Gasteiger charge is -2.11. The zero-order valence-electron chi connectivity index (χ0n) is 9.13. The summed E-state index contributed by atoms with van der Waals surface area (Å²) in [5.41, 5.74) is 0.450. The number of benzene rings is 1. The van der Waals surface area contributed by atoms with Crippen molar-refractivity contribution in [3.63, 3.8) is 0 Å². The zero-order chi connectivity index (χ0) is 12.7. The molecule has 0 unspecified atom stereocenters. The predicted molar refractivity (Wildman–Crippen MR) is 61.3 cm³/mol. The first-order valence-electron chi connectivity index (χ1n) is 5.06. The van der Waals surface area contributed by atoms with E-state index in [9.17, 15) is 10.1 Å². The molecule has 94 valence electrons. The number of non-ortho nitro benzene ring substituents is 1. The summed E-state index contributed by atoms with van der Waals surface area (Å²) < 4.78 is 5.18. The second-order valence-electron chi connectivity index (χ2n) is 3.16. The number of ether oxygens (including phenoxy) is 1. The predicted octanol–water partition coefficient (Wildman–Crippen LogP) is 0.370. The van der Waals surface area contributed by atoms with Gasteiger partial charge in [-0.25, -0.2) is 0 Å². The molecule has 0 aliphatic heterocycles. The van der Waals surface area contributed by atoms with E-state index in [4.69, 9.17) is 14.9 Å². The maximum atomic E-state index is 10.6. The quantitative estimate of drug-likeness (QED) is 0.471. The maximum Gasteiger partial charge on any atom is 0.273 e. The fourth-order valence-electron chi connectivity index (χ4n) is 1.24. The summed E-state index contributed by atoms with van der Waals surface area (Å²) in [5, 5.41) is 30.8. The number of nitrogens with zero attached hydrogens (tertiary/aromatic N) is 1. The van der Waals surface area contributed by atoms with Gasteiger partial charge in [0, 0.05) is 12.6 Å². The van der Waals surface area contributed by atoms with Crippen molar-refractivity contribution in [3.05, 3.63) is 28.3 Å². The molecule has 7 nitrogen and oxygen atoms in total. The lowest BCUT2D eigenvalue weighted by atomic mass is 10.2. The Morgan fingerprint density at radius 3 is 2.71 bits per heavy atom. The van der Waals surface area contributed by atoms with Gasteiger partial charge in [-0.2, -0.15) is 0 Å². The van der Waals surface area contributed by atoms with E-state index >= 15 is 0 Å². The van der Waals surface area contributed by atoms with Gasteiger partial charge in [-0.05, 0) is 6.07 Å². The summed E-state index contributed by atoms with van der Waals surface area (Å²) in [6.45, 7) is 0.126. The molecule has 0 bridgehead atoms. The average Bonchev–Trinajstić information content (AvgIpc) is 2.34. The Bertz CT molecular complexity index is 383. The molecule has 0 saturated heterocycles.